The van der Waals surface area contributed by atoms with Crippen molar-refractivity contribution in [2.75, 3.05) is 33.6 Å². The quantitative estimate of drug-likeness (QED) is 0.0179. The molecule has 0 aromatic rings. The lowest BCUT2D eigenvalue weighted by Gasteiger charge is -2.48. The Balaban J connectivity index is 4.07. The molecule has 0 heterocycles. The molecule has 0 bridgehead atoms. The van der Waals surface area contributed by atoms with Crippen molar-refractivity contribution < 1.29 is 122 Å². The SMILES string of the molecule is CCCCCCCCCCCCCC(=O)OC[C@H](COP(=O)(OCOC(C)=O)OC1[C@H](OC(=O)CCC)[C@H](OC(=O)CCC)C(OP(=O)(OCOC(C)=O)OCOC(C)=O)[C@H](OC(=O)CCC)[C@H]1OC(=O)CCC)OC(=O)CCCCCCCCCCCCC. The van der Waals surface area contributed by atoms with Crippen molar-refractivity contribution in [3.05, 3.63) is 0 Å². The molecule has 0 spiro atoms. The second-order valence-electron chi connectivity index (χ2n) is 22.2. The van der Waals surface area contributed by atoms with E-state index in [2.05, 4.69) is 13.8 Å². The fourth-order valence-corrected chi connectivity index (χ4v) is 11.6. The maximum Gasteiger partial charge on any atom is 0.481 e. The van der Waals surface area contributed by atoms with Crippen LogP contribution in [-0.4, -0.2) is 130 Å². The number of phosphoric acid groups is 2. The van der Waals surface area contributed by atoms with E-state index in [0.29, 0.717) is 12.8 Å². The minimum Gasteiger partial charge on any atom is -0.462 e. The summed E-state index contributed by atoms with van der Waals surface area (Å²) in [5.74, 6) is -8.38. The topological polar surface area (TPSA) is 326 Å². The molecule has 0 amide bonds. The molecule has 1 saturated carbocycles. The first kappa shape index (κ1) is 83.5. The van der Waals surface area contributed by atoms with E-state index in [1.807, 2.05) is 0 Å². The summed E-state index contributed by atoms with van der Waals surface area (Å²) >= 11 is 0. The van der Waals surface area contributed by atoms with E-state index in [9.17, 15) is 47.7 Å². The van der Waals surface area contributed by atoms with Crippen LogP contribution >= 0.6 is 15.6 Å². The Labute approximate surface area is 533 Å². The van der Waals surface area contributed by atoms with Gasteiger partial charge in [0.15, 0.2) is 42.7 Å². The van der Waals surface area contributed by atoms with Gasteiger partial charge < -0.3 is 42.6 Å². The molecular formula is C62H108O26P2. The van der Waals surface area contributed by atoms with Gasteiger partial charge in [0, 0.05) is 59.3 Å². The Morgan fingerprint density at radius 1 is 0.300 bits per heavy atom. The molecule has 0 aromatic carbocycles. The van der Waals surface area contributed by atoms with Crippen LogP contribution < -0.4 is 0 Å². The molecule has 0 radical (unpaired) electrons. The van der Waals surface area contributed by atoms with Gasteiger partial charge in [-0.15, -0.1) is 0 Å². The predicted octanol–water partition coefficient (Wildman–Crippen LogP) is 13.3. The van der Waals surface area contributed by atoms with Gasteiger partial charge in [0.25, 0.3) is 0 Å². The highest BCUT2D eigenvalue weighted by Crippen LogP contribution is 2.56. The van der Waals surface area contributed by atoms with E-state index in [-0.39, 0.29) is 64.2 Å². The van der Waals surface area contributed by atoms with E-state index in [0.717, 1.165) is 85.0 Å². The average molecular weight is 1330 g/mol. The van der Waals surface area contributed by atoms with Crippen LogP contribution in [0.1, 0.15) is 268 Å². The van der Waals surface area contributed by atoms with E-state index >= 15 is 4.57 Å². The van der Waals surface area contributed by atoms with E-state index in [1.165, 1.54) is 64.2 Å². The summed E-state index contributed by atoms with van der Waals surface area (Å²) in [6.45, 7) is 8.73. The van der Waals surface area contributed by atoms with Crippen LogP contribution in [0.3, 0.4) is 0 Å². The van der Waals surface area contributed by atoms with Crippen LogP contribution in [0.15, 0.2) is 0 Å². The van der Waals surface area contributed by atoms with Crippen molar-refractivity contribution in [1.29, 1.82) is 0 Å². The van der Waals surface area contributed by atoms with E-state index < -0.39 is 146 Å². The summed E-state index contributed by atoms with van der Waals surface area (Å²) in [4.78, 5) is 118. The highest BCUT2D eigenvalue weighted by atomic mass is 31.2. The molecule has 522 valence electrons. The molecule has 3 unspecified atom stereocenters. The molecule has 0 N–H and O–H groups in total. The Kier molecular flexibility index (Phi) is 47.2. The summed E-state index contributed by atoms with van der Waals surface area (Å²) in [7, 11) is -10.9. The minimum atomic E-state index is -5.54. The van der Waals surface area contributed by atoms with Crippen molar-refractivity contribution in [2.24, 2.45) is 0 Å². The molecule has 1 aliphatic rings. The summed E-state index contributed by atoms with van der Waals surface area (Å²) in [6.07, 6.45) is 6.90. The molecule has 0 aromatic heterocycles. The summed E-state index contributed by atoms with van der Waals surface area (Å²) in [5.41, 5.74) is 0. The molecule has 0 aliphatic heterocycles. The van der Waals surface area contributed by atoms with Crippen LogP contribution in [0.5, 0.6) is 0 Å². The second kappa shape index (κ2) is 50.9. The third kappa shape index (κ3) is 39.8. The van der Waals surface area contributed by atoms with Gasteiger partial charge in [-0.05, 0) is 38.5 Å². The maximum absolute atomic E-state index is 15.5. The van der Waals surface area contributed by atoms with Gasteiger partial charge in [-0.2, -0.15) is 0 Å². The smallest absolute Gasteiger partial charge is 0.462 e. The Morgan fingerprint density at radius 3 is 0.867 bits per heavy atom. The first-order valence-corrected chi connectivity index (χ1v) is 35.7. The fourth-order valence-electron chi connectivity index (χ4n) is 9.23. The number of phosphoric ester groups is 2. The highest BCUT2D eigenvalue weighted by Gasteiger charge is 2.63. The van der Waals surface area contributed by atoms with Crippen LogP contribution in [-0.2, 0) is 122 Å². The fraction of sp³-hybridized carbons (Fsp3) is 0.855. The predicted molar refractivity (Wildman–Crippen MR) is 326 cm³/mol. The normalized spacial score (nSPS) is 18.3. The third-order valence-electron chi connectivity index (χ3n) is 13.9. The first-order valence-electron chi connectivity index (χ1n) is 32.8. The van der Waals surface area contributed by atoms with Crippen LogP contribution in [0.4, 0.5) is 0 Å². The molecule has 8 atom stereocenters. The molecule has 26 nitrogen and oxygen atoms in total. The van der Waals surface area contributed by atoms with Gasteiger partial charge >= 0.3 is 69.4 Å². The lowest BCUT2D eigenvalue weighted by Crippen LogP contribution is -2.68. The van der Waals surface area contributed by atoms with Crippen molar-refractivity contribution in [3.63, 3.8) is 0 Å². The molecular weight excluding hydrogens is 1220 g/mol. The van der Waals surface area contributed by atoms with Crippen molar-refractivity contribution in [3.8, 4) is 0 Å². The monoisotopic (exact) mass is 1330 g/mol. The first-order chi connectivity index (χ1) is 43.1. The van der Waals surface area contributed by atoms with E-state index in [1.54, 1.807) is 27.7 Å². The summed E-state index contributed by atoms with van der Waals surface area (Å²) in [6, 6.07) is 0. The number of carbonyl (C=O) groups is 9. The number of hydrogen-bond donors (Lipinski definition) is 0. The summed E-state index contributed by atoms with van der Waals surface area (Å²) in [5, 5.41) is 0. The van der Waals surface area contributed by atoms with Crippen LogP contribution in [0.2, 0.25) is 0 Å². The maximum atomic E-state index is 15.5. The number of rotatable bonds is 55. The molecule has 90 heavy (non-hydrogen) atoms. The highest BCUT2D eigenvalue weighted by molar-refractivity contribution is 7.48. The van der Waals surface area contributed by atoms with Crippen molar-refractivity contribution >= 4 is 69.4 Å². The molecule has 1 aliphatic carbocycles. The molecule has 0 saturated heterocycles. The van der Waals surface area contributed by atoms with Gasteiger partial charge in [0.05, 0.1) is 6.61 Å². The standard InChI is InChI=1S/C62H108O26P2/c1-10-16-18-20-22-24-26-28-30-32-34-40-51(66)74-42-50(82-56(71)41-35-33-31-29-27-25-23-21-19-17-11-2)43-78-89(72,79-44-75-47(7)63)87-61-57(83-52(67)36-12-3)59(85-54(69)38-14-5)62(60(86-55(70)39-15-6)58(61)84-53(68)37-13-4)88-90(73,80-45-76-48(8)64)81-46-77-49(9)65/h50,57-62H,10-46H2,1-9H3/t50-,57-,58-,59-,60+,61?,62?,89?/m1/s1. The zero-order chi connectivity index (χ0) is 67.0. The van der Waals surface area contributed by atoms with Crippen LogP contribution in [0.25, 0.3) is 0 Å². The number of carbonyl (C=O) groups excluding carboxylic acids is 9. The molecule has 1 rings (SSSR count). The van der Waals surface area contributed by atoms with Gasteiger partial charge in [0.1, 0.15) is 6.61 Å². The lowest BCUT2D eigenvalue weighted by molar-refractivity contribution is -0.250. The van der Waals surface area contributed by atoms with E-state index in [4.69, 9.17) is 69.8 Å². The zero-order valence-corrected chi connectivity index (χ0v) is 57.0. The zero-order valence-electron chi connectivity index (χ0n) is 55.2. The number of hydrogen-bond acceptors (Lipinski definition) is 26. The average Bonchev–Trinajstić information content (AvgIpc) is 0.871. The third-order valence-corrected chi connectivity index (χ3v) is 16.6. The number of ether oxygens (including phenoxy) is 9. The van der Waals surface area contributed by atoms with Crippen molar-refractivity contribution in [2.45, 2.75) is 311 Å². The van der Waals surface area contributed by atoms with Crippen molar-refractivity contribution in [1.82, 2.24) is 0 Å². The number of unbranched alkanes of at least 4 members (excludes halogenated alkanes) is 20. The van der Waals surface area contributed by atoms with Gasteiger partial charge in [0.2, 0.25) is 20.4 Å². The Bertz CT molecular complexity index is 2080. The molecule has 1 fully saturated rings. The van der Waals surface area contributed by atoms with Gasteiger partial charge in [-0.25, -0.2) is 22.7 Å². The van der Waals surface area contributed by atoms with Gasteiger partial charge in [-0.1, -0.05) is 170 Å². The largest absolute Gasteiger partial charge is 0.481 e. The minimum absolute atomic E-state index is 0.0349. The second-order valence-corrected chi connectivity index (χ2v) is 25.4. The molecule has 28 heteroatoms. The summed E-state index contributed by atoms with van der Waals surface area (Å²) < 4.78 is 114. The Hall–Kier alpha value is -4.55. The Morgan fingerprint density at radius 2 is 0.578 bits per heavy atom. The number of esters is 9. The lowest BCUT2D eigenvalue weighted by atomic mass is 9.84. The van der Waals surface area contributed by atoms with Gasteiger partial charge in [-0.3, -0.25) is 56.7 Å². The van der Waals surface area contributed by atoms with Crippen LogP contribution in [0, 0.1) is 0 Å².